The number of anilines is 1. The van der Waals surface area contributed by atoms with Crippen molar-refractivity contribution in [2.45, 2.75) is 36.6 Å². The lowest BCUT2D eigenvalue weighted by molar-refractivity contribution is 0.0937. The van der Waals surface area contributed by atoms with Crippen LogP contribution in [0.5, 0.6) is 5.75 Å². The number of hydrogen-bond donors (Lipinski definition) is 2. The van der Waals surface area contributed by atoms with Crippen molar-refractivity contribution in [2.75, 3.05) is 11.8 Å². The molecule has 26 heavy (non-hydrogen) atoms. The third-order valence-corrected chi connectivity index (χ3v) is 5.71. The quantitative estimate of drug-likeness (QED) is 0.809. The second kappa shape index (κ2) is 7.74. The fourth-order valence-electron chi connectivity index (χ4n) is 2.93. The van der Waals surface area contributed by atoms with Crippen molar-refractivity contribution < 1.29 is 17.9 Å². The number of ether oxygens (including phenoxy) is 1. The first-order valence-corrected chi connectivity index (χ1v) is 9.89. The molecule has 0 atom stereocenters. The van der Waals surface area contributed by atoms with Crippen molar-refractivity contribution in [1.82, 2.24) is 10.3 Å². The second-order valence-electron chi connectivity index (χ2n) is 6.20. The molecule has 3 rings (SSSR count). The molecule has 8 heteroatoms. The summed E-state index contributed by atoms with van der Waals surface area (Å²) in [5.41, 5.74) is 0.562. The van der Waals surface area contributed by atoms with Crippen molar-refractivity contribution >= 4 is 21.6 Å². The summed E-state index contributed by atoms with van der Waals surface area (Å²) in [6.45, 7) is 0. The van der Waals surface area contributed by atoms with E-state index in [4.69, 9.17) is 4.74 Å². The number of hydrogen-bond acceptors (Lipinski definition) is 5. The summed E-state index contributed by atoms with van der Waals surface area (Å²) in [5.74, 6) is 0.325. The fourth-order valence-corrected chi connectivity index (χ4v) is 3.96. The van der Waals surface area contributed by atoms with Crippen LogP contribution in [-0.2, 0) is 10.0 Å². The Morgan fingerprint density at radius 1 is 1.15 bits per heavy atom. The number of carbonyl (C=O) groups excluding carboxylic acids is 1. The minimum absolute atomic E-state index is 0.0964. The van der Waals surface area contributed by atoms with Gasteiger partial charge in [-0.25, -0.2) is 8.42 Å². The lowest BCUT2D eigenvalue weighted by Crippen LogP contribution is -2.32. The molecule has 1 saturated carbocycles. The smallest absolute Gasteiger partial charge is 0.261 e. The molecule has 2 N–H and O–H groups in total. The number of methoxy groups -OCH3 is 1. The van der Waals surface area contributed by atoms with Crippen LogP contribution in [0, 0.1) is 0 Å². The normalized spacial score (nSPS) is 14.8. The Kier molecular flexibility index (Phi) is 5.41. The summed E-state index contributed by atoms with van der Waals surface area (Å²) in [7, 11) is -2.27. The monoisotopic (exact) mass is 375 g/mol. The lowest BCUT2D eigenvalue weighted by atomic mass is 10.2. The summed E-state index contributed by atoms with van der Waals surface area (Å²) >= 11 is 0. The van der Waals surface area contributed by atoms with Crippen LogP contribution in [-0.4, -0.2) is 32.5 Å². The Balaban J connectivity index is 1.73. The number of benzene rings is 1. The van der Waals surface area contributed by atoms with E-state index < -0.39 is 10.0 Å². The molecule has 1 fully saturated rings. The maximum Gasteiger partial charge on any atom is 0.261 e. The second-order valence-corrected chi connectivity index (χ2v) is 7.88. The SMILES string of the molecule is COc1ccc(S(=O)(=O)Nc2cncc(C(=O)NC3CCCC3)c2)cc1. The summed E-state index contributed by atoms with van der Waals surface area (Å²) in [6.07, 6.45) is 6.98. The average Bonchev–Trinajstić information content (AvgIpc) is 3.14. The van der Waals surface area contributed by atoms with E-state index in [1.807, 2.05) is 0 Å². The number of sulfonamides is 1. The molecule has 1 amide bonds. The average molecular weight is 375 g/mol. The van der Waals surface area contributed by atoms with Crippen molar-refractivity contribution in [3.05, 3.63) is 48.3 Å². The first kappa shape index (κ1) is 18.2. The number of pyridine rings is 1. The molecule has 0 radical (unpaired) electrons. The summed E-state index contributed by atoms with van der Waals surface area (Å²) in [4.78, 5) is 16.4. The molecule has 0 unspecified atom stereocenters. The number of nitrogens with zero attached hydrogens (tertiary/aromatic N) is 1. The number of carbonyl (C=O) groups is 1. The van der Waals surface area contributed by atoms with Crippen LogP contribution in [0.4, 0.5) is 5.69 Å². The van der Waals surface area contributed by atoms with Gasteiger partial charge in [0, 0.05) is 12.2 Å². The van der Waals surface area contributed by atoms with Crippen molar-refractivity contribution in [2.24, 2.45) is 0 Å². The van der Waals surface area contributed by atoms with Gasteiger partial charge in [-0.3, -0.25) is 14.5 Å². The highest BCUT2D eigenvalue weighted by molar-refractivity contribution is 7.92. The number of aromatic nitrogens is 1. The first-order valence-electron chi connectivity index (χ1n) is 8.41. The Bertz CT molecular complexity index is 876. The molecular weight excluding hydrogens is 354 g/mol. The van der Waals surface area contributed by atoms with E-state index in [1.54, 1.807) is 12.1 Å². The summed E-state index contributed by atoms with van der Waals surface area (Å²) in [6, 6.07) is 7.70. The van der Waals surface area contributed by atoms with E-state index in [1.165, 1.54) is 37.7 Å². The van der Waals surface area contributed by atoms with Crippen LogP contribution in [0.2, 0.25) is 0 Å². The molecule has 1 aliphatic rings. The summed E-state index contributed by atoms with van der Waals surface area (Å²) in [5, 5.41) is 2.96. The number of amides is 1. The Morgan fingerprint density at radius 3 is 2.50 bits per heavy atom. The van der Waals surface area contributed by atoms with Crippen molar-refractivity contribution in [3.63, 3.8) is 0 Å². The minimum Gasteiger partial charge on any atom is -0.497 e. The Labute approximate surface area is 152 Å². The van der Waals surface area contributed by atoms with Gasteiger partial charge in [-0.05, 0) is 43.2 Å². The van der Waals surface area contributed by atoms with Gasteiger partial charge < -0.3 is 10.1 Å². The zero-order valence-electron chi connectivity index (χ0n) is 14.4. The van der Waals surface area contributed by atoms with Gasteiger partial charge in [0.05, 0.1) is 29.5 Å². The standard InChI is InChI=1S/C18H21N3O4S/c1-25-16-6-8-17(9-7-16)26(23,24)21-15-10-13(11-19-12-15)18(22)20-14-4-2-3-5-14/h6-12,14,21H,2-5H2,1H3,(H,20,22). The van der Waals surface area contributed by atoms with Gasteiger partial charge in [-0.15, -0.1) is 0 Å². The maximum absolute atomic E-state index is 12.5. The molecule has 0 aliphatic heterocycles. The first-order chi connectivity index (χ1) is 12.5. The molecule has 138 valence electrons. The van der Waals surface area contributed by atoms with E-state index in [0.717, 1.165) is 25.7 Å². The van der Waals surface area contributed by atoms with Gasteiger partial charge in [0.15, 0.2) is 0 Å². The molecule has 0 saturated heterocycles. The van der Waals surface area contributed by atoms with E-state index in [9.17, 15) is 13.2 Å². The number of rotatable bonds is 6. The highest BCUT2D eigenvalue weighted by atomic mass is 32.2. The third kappa shape index (κ3) is 4.32. The Hall–Kier alpha value is -2.61. The van der Waals surface area contributed by atoms with Crippen LogP contribution in [0.25, 0.3) is 0 Å². The molecule has 1 aromatic carbocycles. The fraction of sp³-hybridized carbons (Fsp3) is 0.333. The van der Waals surface area contributed by atoms with Crippen LogP contribution >= 0.6 is 0 Å². The van der Waals surface area contributed by atoms with Crippen molar-refractivity contribution in [1.29, 1.82) is 0 Å². The van der Waals surface area contributed by atoms with Crippen LogP contribution in [0.3, 0.4) is 0 Å². The molecular formula is C18H21N3O4S. The van der Waals surface area contributed by atoms with Gasteiger partial charge in [-0.2, -0.15) is 0 Å². The van der Waals surface area contributed by atoms with E-state index in [2.05, 4.69) is 15.0 Å². The molecule has 2 aromatic rings. The van der Waals surface area contributed by atoms with Gasteiger partial charge in [0.25, 0.3) is 15.9 Å². The zero-order chi connectivity index (χ0) is 18.6. The van der Waals surface area contributed by atoms with E-state index >= 15 is 0 Å². The van der Waals surface area contributed by atoms with Gasteiger partial charge in [0.1, 0.15) is 5.75 Å². The third-order valence-electron chi connectivity index (χ3n) is 4.31. The topological polar surface area (TPSA) is 97.4 Å². The highest BCUT2D eigenvalue weighted by Crippen LogP contribution is 2.20. The van der Waals surface area contributed by atoms with Crippen LogP contribution in [0.1, 0.15) is 36.0 Å². The molecule has 0 bridgehead atoms. The zero-order valence-corrected chi connectivity index (χ0v) is 15.3. The van der Waals surface area contributed by atoms with Gasteiger partial charge in [0.2, 0.25) is 0 Å². The maximum atomic E-state index is 12.5. The highest BCUT2D eigenvalue weighted by Gasteiger charge is 2.19. The van der Waals surface area contributed by atoms with E-state index in [0.29, 0.717) is 11.3 Å². The summed E-state index contributed by atoms with van der Waals surface area (Å²) < 4.78 is 32.4. The molecule has 1 heterocycles. The van der Waals surface area contributed by atoms with Gasteiger partial charge in [-0.1, -0.05) is 12.8 Å². The predicted molar refractivity (Wildman–Crippen MR) is 97.8 cm³/mol. The lowest BCUT2D eigenvalue weighted by Gasteiger charge is -2.13. The van der Waals surface area contributed by atoms with Crippen LogP contribution < -0.4 is 14.8 Å². The van der Waals surface area contributed by atoms with Crippen LogP contribution in [0.15, 0.2) is 47.6 Å². The van der Waals surface area contributed by atoms with Crippen molar-refractivity contribution in [3.8, 4) is 5.75 Å². The predicted octanol–water partition coefficient (Wildman–Crippen LogP) is 2.56. The molecule has 1 aliphatic carbocycles. The molecule has 1 aromatic heterocycles. The van der Waals surface area contributed by atoms with Gasteiger partial charge >= 0.3 is 0 Å². The number of nitrogens with one attached hydrogen (secondary N) is 2. The molecule has 7 nitrogen and oxygen atoms in total. The molecule has 0 spiro atoms. The largest absolute Gasteiger partial charge is 0.497 e. The van der Waals surface area contributed by atoms with E-state index in [-0.39, 0.29) is 22.5 Å². The minimum atomic E-state index is -3.78. The Morgan fingerprint density at radius 2 is 1.85 bits per heavy atom.